The minimum atomic E-state index is -1.16. The lowest BCUT2D eigenvalue weighted by Gasteiger charge is -2.21. The van der Waals surface area contributed by atoms with Crippen molar-refractivity contribution in [2.45, 2.75) is 12.5 Å². The van der Waals surface area contributed by atoms with E-state index in [0.717, 1.165) is 11.3 Å². The van der Waals surface area contributed by atoms with Crippen LogP contribution in [0.5, 0.6) is 0 Å². The van der Waals surface area contributed by atoms with E-state index in [9.17, 15) is 14.4 Å². The second-order valence-corrected chi connectivity index (χ2v) is 7.78. The number of nitrogens with two attached hydrogens (primary N) is 1. The molecule has 1 atom stereocenters. The molecule has 0 spiro atoms. The molecule has 10 nitrogen and oxygen atoms in total. The molecule has 168 valence electrons. The van der Waals surface area contributed by atoms with Crippen molar-refractivity contribution < 1.29 is 19.5 Å². The number of carbonyl (C=O) groups is 3. The Morgan fingerprint density at radius 1 is 1.16 bits per heavy atom. The van der Waals surface area contributed by atoms with Gasteiger partial charge in [0.15, 0.2) is 0 Å². The highest BCUT2D eigenvalue weighted by Crippen LogP contribution is 2.19. The molecule has 1 aromatic heterocycles. The first-order valence-corrected chi connectivity index (χ1v) is 9.94. The Balaban J connectivity index is 1.66. The molecule has 3 aromatic rings. The largest absolute Gasteiger partial charge is 0.475 e. The van der Waals surface area contributed by atoms with Crippen LogP contribution in [-0.4, -0.2) is 71.5 Å². The van der Waals surface area contributed by atoms with Crippen molar-refractivity contribution in [1.82, 2.24) is 14.9 Å². The number of rotatable bonds is 8. The molecule has 0 bridgehead atoms. The molecule has 0 saturated carbocycles. The number of nitrogens with zero attached hydrogens (tertiary/aromatic N) is 3. The Hall–Kier alpha value is -3.76. The first kappa shape index (κ1) is 22.9. The second kappa shape index (κ2) is 9.58. The zero-order valence-corrected chi connectivity index (χ0v) is 18.1. The van der Waals surface area contributed by atoms with E-state index < -0.39 is 12.0 Å². The molecule has 0 aliphatic heterocycles. The summed E-state index contributed by atoms with van der Waals surface area (Å²) in [4.78, 5) is 45.9. The molecule has 0 unspecified atom stereocenters. The van der Waals surface area contributed by atoms with Crippen LogP contribution in [0.2, 0.25) is 0 Å². The molecule has 0 saturated heterocycles. The first-order chi connectivity index (χ1) is 15.1. The molecule has 2 aromatic carbocycles. The first-order valence-electron chi connectivity index (χ1n) is 9.94. The summed E-state index contributed by atoms with van der Waals surface area (Å²) in [5, 5.41) is 11.8. The van der Waals surface area contributed by atoms with Crippen LogP contribution < -0.4 is 16.0 Å². The summed E-state index contributed by atoms with van der Waals surface area (Å²) in [7, 11) is 5.36. The maximum Gasteiger partial charge on any atom is 0.371 e. The van der Waals surface area contributed by atoms with Crippen LogP contribution in [0.25, 0.3) is 11.0 Å². The van der Waals surface area contributed by atoms with Crippen molar-refractivity contribution in [2.75, 3.05) is 37.9 Å². The third-order valence-corrected chi connectivity index (χ3v) is 4.87. The quantitative estimate of drug-likeness (QED) is 0.415. The van der Waals surface area contributed by atoms with Crippen LogP contribution >= 0.6 is 0 Å². The standard InChI is InChI=1S/C22H26N6O4/c1-27(2)12-19(29)28(3)15-6-4-5-13(9-15)10-16(23)21(30)24-14-7-8-17-18(11-14)26-20(25-17)22(31)32/h4-9,11,16H,10,12,23H2,1-3H3,(H,24,30)(H,25,26)(H,31,32)/t16-/m0/s1. The molecule has 32 heavy (non-hydrogen) atoms. The van der Waals surface area contributed by atoms with Crippen molar-refractivity contribution in [3.63, 3.8) is 0 Å². The van der Waals surface area contributed by atoms with Crippen molar-refractivity contribution >= 4 is 40.2 Å². The van der Waals surface area contributed by atoms with Gasteiger partial charge in [0.2, 0.25) is 17.6 Å². The highest BCUT2D eigenvalue weighted by molar-refractivity contribution is 5.97. The van der Waals surface area contributed by atoms with E-state index in [-0.39, 0.29) is 30.6 Å². The van der Waals surface area contributed by atoms with Gasteiger partial charge in [0, 0.05) is 18.4 Å². The molecule has 0 aliphatic carbocycles. The van der Waals surface area contributed by atoms with Crippen molar-refractivity contribution in [3.8, 4) is 0 Å². The third kappa shape index (κ3) is 5.48. The summed E-state index contributed by atoms with van der Waals surface area (Å²) in [5.41, 5.74) is 9.10. The predicted molar refractivity (Wildman–Crippen MR) is 122 cm³/mol. The molecule has 0 aliphatic rings. The molecule has 0 radical (unpaired) electrons. The van der Waals surface area contributed by atoms with Gasteiger partial charge in [0.1, 0.15) is 0 Å². The summed E-state index contributed by atoms with van der Waals surface area (Å²) < 4.78 is 0. The van der Waals surface area contributed by atoms with E-state index in [1.807, 2.05) is 38.4 Å². The van der Waals surface area contributed by atoms with Crippen LogP contribution in [0, 0.1) is 0 Å². The van der Waals surface area contributed by atoms with E-state index in [1.54, 1.807) is 35.0 Å². The Bertz CT molecular complexity index is 1160. The zero-order valence-electron chi connectivity index (χ0n) is 18.1. The van der Waals surface area contributed by atoms with E-state index in [4.69, 9.17) is 10.8 Å². The van der Waals surface area contributed by atoms with Crippen molar-refractivity contribution in [3.05, 3.63) is 53.9 Å². The van der Waals surface area contributed by atoms with E-state index in [0.29, 0.717) is 16.7 Å². The van der Waals surface area contributed by atoms with Gasteiger partial charge in [-0.05, 0) is 56.4 Å². The molecule has 0 fully saturated rings. The topological polar surface area (TPSA) is 145 Å². The fourth-order valence-electron chi connectivity index (χ4n) is 3.18. The van der Waals surface area contributed by atoms with Gasteiger partial charge in [0.05, 0.1) is 23.6 Å². The minimum Gasteiger partial charge on any atom is -0.475 e. The number of amides is 2. The number of hydrogen-bond donors (Lipinski definition) is 4. The number of aromatic amines is 1. The summed E-state index contributed by atoms with van der Waals surface area (Å²) in [6, 6.07) is 11.4. The number of carboxylic acids is 1. The normalized spacial score (nSPS) is 12.0. The molecule has 3 rings (SSSR count). The highest BCUT2D eigenvalue weighted by atomic mass is 16.4. The van der Waals surface area contributed by atoms with Gasteiger partial charge >= 0.3 is 5.97 Å². The van der Waals surface area contributed by atoms with Gasteiger partial charge < -0.3 is 30.9 Å². The molecule has 2 amide bonds. The maximum atomic E-state index is 12.6. The number of aromatic nitrogens is 2. The lowest BCUT2D eigenvalue weighted by Crippen LogP contribution is -2.37. The number of imidazole rings is 1. The average molecular weight is 438 g/mol. The smallest absolute Gasteiger partial charge is 0.371 e. The van der Waals surface area contributed by atoms with Gasteiger partial charge in [-0.3, -0.25) is 9.59 Å². The monoisotopic (exact) mass is 438 g/mol. The van der Waals surface area contributed by atoms with E-state index >= 15 is 0 Å². The summed E-state index contributed by atoms with van der Waals surface area (Å²) in [6.07, 6.45) is 0.283. The number of carboxylic acid groups (broad SMARTS) is 1. The second-order valence-electron chi connectivity index (χ2n) is 7.78. The summed E-state index contributed by atoms with van der Waals surface area (Å²) in [5.74, 6) is -1.77. The molecule has 10 heteroatoms. The number of likely N-dealkylation sites (N-methyl/N-ethyl adjacent to an activating group) is 2. The van der Waals surface area contributed by atoms with E-state index in [2.05, 4.69) is 15.3 Å². The molecule has 5 N–H and O–H groups in total. The maximum absolute atomic E-state index is 12.6. The lowest BCUT2D eigenvalue weighted by molar-refractivity contribution is -0.119. The number of benzene rings is 2. The van der Waals surface area contributed by atoms with Gasteiger partial charge in [-0.2, -0.15) is 0 Å². The molecule has 1 heterocycles. The van der Waals surface area contributed by atoms with Crippen LogP contribution in [0.1, 0.15) is 16.2 Å². The third-order valence-electron chi connectivity index (χ3n) is 4.87. The average Bonchev–Trinajstić information content (AvgIpc) is 3.16. The Labute approximate surface area is 185 Å². The molecular weight excluding hydrogens is 412 g/mol. The number of H-pyrrole nitrogens is 1. The minimum absolute atomic E-state index is 0.0468. The number of anilines is 2. The van der Waals surface area contributed by atoms with Crippen LogP contribution in [0.15, 0.2) is 42.5 Å². The Morgan fingerprint density at radius 3 is 2.59 bits per heavy atom. The summed E-state index contributed by atoms with van der Waals surface area (Å²) >= 11 is 0. The predicted octanol–water partition coefficient (Wildman–Crippen LogP) is 1.29. The Morgan fingerprint density at radius 2 is 1.91 bits per heavy atom. The molecular formula is C22H26N6O4. The zero-order chi connectivity index (χ0) is 23.4. The number of aromatic carboxylic acids is 1. The number of fused-ring (bicyclic) bond motifs is 1. The number of carbonyl (C=O) groups excluding carboxylic acids is 2. The van der Waals surface area contributed by atoms with E-state index in [1.165, 1.54) is 0 Å². The van der Waals surface area contributed by atoms with Gasteiger partial charge in [-0.15, -0.1) is 0 Å². The SMILES string of the molecule is CN(C)CC(=O)N(C)c1cccc(C[C@H](N)C(=O)Nc2ccc3nc(C(=O)O)[nH]c3c2)c1. The Kier molecular flexibility index (Phi) is 6.86. The lowest BCUT2D eigenvalue weighted by atomic mass is 10.0. The van der Waals surface area contributed by atoms with Crippen molar-refractivity contribution in [2.24, 2.45) is 5.73 Å². The van der Waals surface area contributed by atoms with Gasteiger partial charge in [-0.1, -0.05) is 12.1 Å². The van der Waals surface area contributed by atoms with Crippen LogP contribution in [0.4, 0.5) is 11.4 Å². The van der Waals surface area contributed by atoms with Gasteiger partial charge in [0.25, 0.3) is 0 Å². The fraction of sp³-hybridized carbons (Fsp3) is 0.273. The number of hydrogen-bond acceptors (Lipinski definition) is 6. The summed E-state index contributed by atoms with van der Waals surface area (Å²) in [6.45, 7) is 0.289. The van der Waals surface area contributed by atoms with Gasteiger partial charge in [-0.25, -0.2) is 9.78 Å². The van der Waals surface area contributed by atoms with Crippen LogP contribution in [0.3, 0.4) is 0 Å². The van der Waals surface area contributed by atoms with Crippen molar-refractivity contribution in [1.29, 1.82) is 0 Å². The highest BCUT2D eigenvalue weighted by Gasteiger charge is 2.17. The fourth-order valence-corrected chi connectivity index (χ4v) is 3.18. The number of nitrogens with one attached hydrogen (secondary N) is 2. The van der Waals surface area contributed by atoms with Crippen LogP contribution in [-0.2, 0) is 16.0 Å².